The Morgan fingerprint density at radius 2 is 1.75 bits per heavy atom. The van der Waals surface area contributed by atoms with Crippen molar-refractivity contribution in [1.29, 1.82) is 0 Å². The average molecular weight is 427 g/mol. The highest BCUT2D eigenvalue weighted by Gasteiger charge is 2.34. The van der Waals surface area contributed by atoms with Crippen molar-refractivity contribution < 1.29 is 18.1 Å². The molecule has 2 heterocycles. The third kappa shape index (κ3) is 3.77. The topological polar surface area (TPSA) is 134 Å². The summed E-state index contributed by atoms with van der Waals surface area (Å²) in [6.45, 7) is -0.0151. The molecule has 3 rings (SSSR count). The zero-order valence-corrected chi connectivity index (χ0v) is 15.9. The number of carbonyl (C=O) groups is 1. The predicted molar refractivity (Wildman–Crippen MR) is 99.8 cm³/mol. The van der Waals surface area contributed by atoms with Crippen LogP contribution in [0, 0.1) is 10.1 Å². The first-order valence-electron chi connectivity index (χ1n) is 8.13. The molecule has 0 spiro atoms. The van der Waals surface area contributed by atoms with E-state index in [-0.39, 0.29) is 36.9 Å². The standard InChI is InChI=1S/C16H15ClN4O6S/c17-14-6-5-11(15(22)18-14)16(23)19-7-9-20(10-8-19)28(26,27)13-4-2-1-3-12(13)21(24)25/h1-6H,7-10H2,(H,18,22). The Hall–Kier alpha value is -2.76. The molecule has 12 heteroatoms. The summed E-state index contributed by atoms with van der Waals surface area (Å²) in [5, 5.41) is 11.2. The van der Waals surface area contributed by atoms with Crippen LogP contribution >= 0.6 is 11.6 Å². The van der Waals surface area contributed by atoms with Gasteiger partial charge in [-0.25, -0.2) is 8.42 Å². The van der Waals surface area contributed by atoms with Gasteiger partial charge in [0.15, 0.2) is 4.90 Å². The quantitative estimate of drug-likeness (QED) is 0.441. The van der Waals surface area contributed by atoms with Crippen LogP contribution in [-0.2, 0) is 10.0 Å². The highest BCUT2D eigenvalue weighted by Crippen LogP contribution is 2.27. The van der Waals surface area contributed by atoms with Crippen LogP contribution in [0.3, 0.4) is 0 Å². The summed E-state index contributed by atoms with van der Waals surface area (Å²) in [7, 11) is -4.10. The first-order chi connectivity index (χ1) is 13.2. The molecule has 1 N–H and O–H groups in total. The van der Waals surface area contributed by atoms with Gasteiger partial charge in [-0.2, -0.15) is 4.31 Å². The SMILES string of the molecule is O=C(c1ccc(Cl)[nH]c1=O)N1CCN(S(=O)(=O)c2ccccc2[N+](=O)[O-])CC1. The van der Waals surface area contributed by atoms with Gasteiger partial charge >= 0.3 is 0 Å². The number of hydrogen-bond acceptors (Lipinski definition) is 6. The van der Waals surface area contributed by atoms with Gasteiger partial charge in [0.25, 0.3) is 17.2 Å². The zero-order chi connectivity index (χ0) is 20.5. The molecule has 0 atom stereocenters. The molecular formula is C16H15ClN4O6S. The van der Waals surface area contributed by atoms with Crippen LogP contribution in [0.15, 0.2) is 46.1 Å². The second kappa shape index (κ2) is 7.70. The minimum atomic E-state index is -4.10. The second-order valence-corrected chi connectivity index (χ2v) is 8.28. The largest absolute Gasteiger partial charge is 0.336 e. The van der Waals surface area contributed by atoms with E-state index in [2.05, 4.69) is 4.98 Å². The van der Waals surface area contributed by atoms with Crippen molar-refractivity contribution in [3.05, 3.63) is 67.6 Å². The summed E-state index contributed by atoms with van der Waals surface area (Å²) in [6, 6.07) is 7.78. The Kier molecular flexibility index (Phi) is 5.49. The number of sulfonamides is 1. The molecule has 1 aromatic heterocycles. The lowest BCUT2D eigenvalue weighted by molar-refractivity contribution is -0.387. The van der Waals surface area contributed by atoms with Gasteiger partial charge in [0.05, 0.1) is 4.92 Å². The van der Waals surface area contributed by atoms with Gasteiger partial charge in [-0.15, -0.1) is 0 Å². The van der Waals surface area contributed by atoms with Crippen LogP contribution in [-0.4, -0.2) is 59.6 Å². The highest BCUT2D eigenvalue weighted by atomic mass is 35.5. The van der Waals surface area contributed by atoms with E-state index in [0.717, 1.165) is 10.4 Å². The maximum atomic E-state index is 12.8. The monoisotopic (exact) mass is 426 g/mol. The molecule has 148 valence electrons. The fourth-order valence-electron chi connectivity index (χ4n) is 2.89. The number of nitrogens with one attached hydrogen (secondary N) is 1. The summed E-state index contributed by atoms with van der Waals surface area (Å²) in [5.74, 6) is -0.541. The van der Waals surface area contributed by atoms with E-state index in [4.69, 9.17) is 11.6 Å². The van der Waals surface area contributed by atoms with Crippen molar-refractivity contribution in [3.63, 3.8) is 0 Å². The lowest BCUT2D eigenvalue weighted by Crippen LogP contribution is -2.51. The molecule has 0 saturated carbocycles. The smallest absolute Gasteiger partial charge is 0.289 e. The molecule has 1 aliphatic rings. The second-order valence-electron chi connectivity index (χ2n) is 5.97. The van der Waals surface area contributed by atoms with Gasteiger partial charge in [0, 0.05) is 32.2 Å². The molecule has 0 bridgehead atoms. The number of amides is 1. The lowest BCUT2D eigenvalue weighted by atomic mass is 10.2. The third-order valence-electron chi connectivity index (χ3n) is 4.31. The lowest BCUT2D eigenvalue weighted by Gasteiger charge is -2.33. The van der Waals surface area contributed by atoms with E-state index in [1.54, 1.807) is 0 Å². The predicted octanol–water partition coefficient (Wildman–Crippen LogP) is 1.08. The summed E-state index contributed by atoms with van der Waals surface area (Å²) < 4.78 is 26.7. The van der Waals surface area contributed by atoms with Gasteiger partial charge in [0.1, 0.15) is 10.7 Å². The molecule has 0 unspecified atom stereocenters. The van der Waals surface area contributed by atoms with Crippen LogP contribution in [0.4, 0.5) is 5.69 Å². The Balaban J connectivity index is 1.77. The maximum Gasteiger partial charge on any atom is 0.289 e. The first kappa shape index (κ1) is 20.0. The molecule has 1 aromatic carbocycles. The maximum absolute atomic E-state index is 12.8. The Morgan fingerprint density at radius 1 is 1.11 bits per heavy atom. The molecule has 1 fully saturated rings. The van der Waals surface area contributed by atoms with E-state index < -0.39 is 37.0 Å². The summed E-state index contributed by atoms with van der Waals surface area (Å²) in [6.07, 6.45) is 0. The van der Waals surface area contributed by atoms with Crippen molar-refractivity contribution in [2.24, 2.45) is 0 Å². The van der Waals surface area contributed by atoms with Crippen LogP contribution in [0.2, 0.25) is 5.15 Å². The number of aromatic amines is 1. The molecular weight excluding hydrogens is 412 g/mol. The molecule has 1 aliphatic heterocycles. The fourth-order valence-corrected chi connectivity index (χ4v) is 4.61. The first-order valence-corrected chi connectivity index (χ1v) is 9.95. The molecule has 10 nitrogen and oxygen atoms in total. The van der Waals surface area contributed by atoms with Crippen LogP contribution < -0.4 is 5.56 Å². The summed E-state index contributed by atoms with van der Waals surface area (Å²) >= 11 is 5.67. The number of pyridine rings is 1. The minimum Gasteiger partial charge on any atom is -0.336 e. The molecule has 1 saturated heterocycles. The van der Waals surface area contributed by atoms with Gasteiger partial charge in [0.2, 0.25) is 10.0 Å². The Labute approximate surface area is 164 Å². The summed E-state index contributed by atoms with van der Waals surface area (Å²) in [4.78, 5) is 38.0. The average Bonchev–Trinajstić information content (AvgIpc) is 2.67. The third-order valence-corrected chi connectivity index (χ3v) is 6.48. The van der Waals surface area contributed by atoms with Gasteiger partial charge in [-0.1, -0.05) is 23.7 Å². The van der Waals surface area contributed by atoms with Gasteiger partial charge < -0.3 is 9.88 Å². The number of carbonyl (C=O) groups excluding carboxylic acids is 1. The number of piperazine rings is 1. The van der Waals surface area contributed by atoms with Crippen LogP contribution in [0.25, 0.3) is 0 Å². The number of H-pyrrole nitrogens is 1. The molecule has 0 aliphatic carbocycles. The van der Waals surface area contributed by atoms with Crippen LogP contribution in [0.1, 0.15) is 10.4 Å². The molecule has 28 heavy (non-hydrogen) atoms. The fraction of sp³-hybridized carbons (Fsp3) is 0.250. The Morgan fingerprint density at radius 3 is 2.36 bits per heavy atom. The molecule has 1 amide bonds. The number of benzene rings is 1. The summed E-state index contributed by atoms with van der Waals surface area (Å²) in [5.41, 5.74) is -1.24. The Bertz CT molecular complexity index is 1090. The number of nitrogens with zero attached hydrogens (tertiary/aromatic N) is 3. The van der Waals surface area contributed by atoms with E-state index in [1.807, 2.05) is 0 Å². The highest BCUT2D eigenvalue weighted by molar-refractivity contribution is 7.89. The van der Waals surface area contributed by atoms with Crippen LogP contribution in [0.5, 0.6) is 0 Å². The zero-order valence-electron chi connectivity index (χ0n) is 14.4. The number of rotatable bonds is 4. The number of hydrogen-bond donors (Lipinski definition) is 1. The van der Waals surface area contributed by atoms with E-state index in [0.29, 0.717) is 0 Å². The number of nitro groups is 1. The van der Waals surface area contributed by atoms with Crippen molar-refractivity contribution in [2.75, 3.05) is 26.2 Å². The van der Waals surface area contributed by atoms with Crippen molar-refractivity contribution in [3.8, 4) is 0 Å². The van der Waals surface area contributed by atoms with E-state index >= 15 is 0 Å². The van der Waals surface area contributed by atoms with Crippen molar-refractivity contribution in [2.45, 2.75) is 4.90 Å². The number of halogens is 1. The number of aromatic nitrogens is 1. The molecule has 0 radical (unpaired) electrons. The number of para-hydroxylation sites is 1. The van der Waals surface area contributed by atoms with Gasteiger partial charge in [-0.3, -0.25) is 19.7 Å². The molecule has 2 aromatic rings. The number of nitro benzene ring substituents is 1. The van der Waals surface area contributed by atoms with E-state index in [1.165, 1.54) is 35.2 Å². The van der Waals surface area contributed by atoms with Gasteiger partial charge in [-0.05, 0) is 18.2 Å². The normalized spacial score (nSPS) is 15.4. The minimum absolute atomic E-state index is 0.0424. The van der Waals surface area contributed by atoms with Crippen molar-refractivity contribution in [1.82, 2.24) is 14.2 Å². The van der Waals surface area contributed by atoms with E-state index in [9.17, 15) is 28.1 Å². The van der Waals surface area contributed by atoms with Crippen molar-refractivity contribution >= 4 is 33.2 Å².